The van der Waals surface area contributed by atoms with E-state index in [1.54, 1.807) is 11.3 Å². The number of nitrogens with zero attached hydrogens (tertiary/aromatic N) is 1. The van der Waals surface area contributed by atoms with Crippen molar-refractivity contribution in [3.63, 3.8) is 0 Å². The molecule has 0 radical (unpaired) electrons. The van der Waals surface area contributed by atoms with Gasteiger partial charge in [0.05, 0.1) is 10.7 Å². The Labute approximate surface area is 125 Å². The van der Waals surface area contributed by atoms with Gasteiger partial charge < -0.3 is 16.0 Å². The van der Waals surface area contributed by atoms with E-state index >= 15 is 0 Å². The zero-order valence-electron chi connectivity index (χ0n) is 12.7. The monoisotopic (exact) mass is 295 g/mol. The van der Waals surface area contributed by atoms with Crippen molar-refractivity contribution in [1.29, 1.82) is 0 Å². The van der Waals surface area contributed by atoms with E-state index in [1.165, 1.54) is 23.4 Å². The van der Waals surface area contributed by atoms with Gasteiger partial charge in [-0.3, -0.25) is 4.79 Å². The molecule has 1 heterocycles. The summed E-state index contributed by atoms with van der Waals surface area (Å²) in [5.41, 5.74) is 8.23. The molecule has 0 aliphatic heterocycles. The third-order valence-electron chi connectivity index (χ3n) is 3.74. The van der Waals surface area contributed by atoms with E-state index in [-0.39, 0.29) is 5.91 Å². The summed E-state index contributed by atoms with van der Waals surface area (Å²) >= 11 is 1.56. The van der Waals surface area contributed by atoms with Crippen molar-refractivity contribution in [3.8, 4) is 0 Å². The van der Waals surface area contributed by atoms with Gasteiger partial charge in [0.2, 0.25) is 0 Å². The Morgan fingerprint density at radius 1 is 1.35 bits per heavy atom. The lowest BCUT2D eigenvalue weighted by atomic mass is 10.1. The Bertz CT molecular complexity index is 476. The van der Waals surface area contributed by atoms with Crippen LogP contribution in [0, 0.1) is 0 Å². The van der Waals surface area contributed by atoms with Gasteiger partial charge in [-0.25, -0.2) is 0 Å². The third-order valence-corrected chi connectivity index (χ3v) is 5.02. The fourth-order valence-electron chi connectivity index (χ4n) is 2.44. The number of anilines is 2. The molecule has 1 aromatic heterocycles. The molecule has 0 aromatic carbocycles. The van der Waals surface area contributed by atoms with Crippen LogP contribution >= 0.6 is 11.3 Å². The Balaban J connectivity index is 2.34. The fourth-order valence-corrected chi connectivity index (χ4v) is 3.80. The summed E-state index contributed by atoms with van der Waals surface area (Å²) in [7, 11) is 0. The van der Waals surface area contributed by atoms with Crippen LogP contribution in [0.15, 0.2) is 0 Å². The molecular weight excluding hydrogens is 270 g/mol. The van der Waals surface area contributed by atoms with Crippen molar-refractivity contribution in [3.05, 3.63) is 10.4 Å². The number of nitrogens with two attached hydrogens (primary N) is 1. The minimum absolute atomic E-state index is 0.0188. The van der Waals surface area contributed by atoms with Gasteiger partial charge in [-0.1, -0.05) is 6.92 Å². The van der Waals surface area contributed by atoms with Crippen LogP contribution in [0.4, 0.5) is 10.7 Å². The largest absolute Gasteiger partial charge is 0.397 e. The molecule has 1 saturated carbocycles. The minimum Gasteiger partial charge on any atom is -0.397 e. The van der Waals surface area contributed by atoms with Crippen LogP contribution in [-0.4, -0.2) is 25.5 Å². The molecule has 1 aliphatic carbocycles. The number of thiophene rings is 1. The SMILES string of the molecule is CCCNC(=O)c1sc(N(CC)CC)c(C2CC2)c1N. The zero-order valence-corrected chi connectivity index (χ0v) is 13.5. The van der Waals surface area contributed by atoms with Gasteiger partial charge in [-0.15, -0.1) is 11.3 Å². The first-order chi connectivity index (χ1) is 9.63. The Hall–Kier alpha value is -1.23. The summed E-state index contributed by atoms with van der Waals surface area (Å²) in [5.74, 6) is 0.546. The third kappa shape index (κ3) is 2.92. The topological polar surface area (TPSA) is 58.4 Å². The maximum absolute atomic E-state index is 12.2. The summed E-state index contributed by atoms with van der Waals surface area (Å²) in [6, 6.07) is 0. The predicted molar refractivity (Wildman–Crippen MR) is 86.9 cm³/mol. The summed E-state index contributed by atoms with van der Waals surface area (Å²) < 4.78 is 0. The van der Waals surface area contributed by atoms with Crippen molar-refractivity contribution < 1.29 is 4.79 Å². The van der Waals surface area contributed by atoms with Crippen LogP contribution in [0.5, 0.6) is 0 Å². The first-order valence-corrected chi connectivity index (χ1v) is 8.40. The summed E-state index contributed by atoms with van der Waals surface area (Å²) in [4.78, 5) is 15.2. The highest BCUT2D eigenvalue weighted by atomic mass is 32.1. The van der Waals surface area contributed by atoms with Crippen molar-refractivity contribution in [2.24, 2.45) is 0 Å². The lowest BCUT2D eigenvalue weighted by Gasteiger charge is -2.20. The van der Waals surface area contributed by atoms with Crippen molar-refractivity contribution >= 4 is 27.9 Å². The van der Waals surface area contributed by atoms with Gasteiger partial charge in [-0.05, 0) is 39.0 Å². The Morgan fingerprint density at radius 3 is 2.50 bits per heavy atom. The number of rotatable bonds is 7. The van der Waals surface area contributed by atoms with Crippen LogP contribution in [-0.2, 0) is 0 Å². The second-order valence-electron chi connectivity index (χ2n) is 5.27. The fraction of sp³-hybridized carbons (Fsp3) is 0.667. The van der Waals surface area contributed by atoms with Gasteiger partial charge in [-0.2, -0.15) is 0 Å². The number of nitrogen functional groups attached to an aromatic ring is 1. The molecule has 1 aliphatic rings. The molecule has 4 nitrogen and oxygen atoms in total. The zero-order chi connectivity index (χ0) is 14.7. The van der Waals surface area contributed by atoms with Gasteiger partial charge in [0.25, 0.3) is 5.91 Å². The van der Waals surface area contributed by atoms with Crippen LogP contribution in [0.2, 0.25) is 0 Å². The van der Waals surface area contributed by atoms with Gasteiger partial charge in [0.15, 0.2) is 0 Å². The highest BCUT2D eigenvalue weighted by Gasteiger charge is 2.34. The van der Waals surface area contributed by atoms with Gasteiger partial charge in [0, 0.05) is 25.2 Å². The standard InChI is InChI=1S/C15H25N3OS/c1-4-9-17-14(19)13-12(16)11(10-7-8-10)15(20-13)18(5-2)6-3/h10H,4-9,16H2,1-3H3,(H,17,19). The lowest BCUT2D eigenvalue weighted by molar-refractivity contribution is 0.0958. The van der Waals surface area contributed by atoms with E-state index in [9.17, 15) is 4.79 Å². The molecular formula is C15H25N3OS. The molecule has 1 amide bonds. The van der Waals surface area contributed by atoms with E-state index in [4.69, 9.17) is 5.73 Å². The molecule has 5 heteroatoms. The molecule has 0 spiro atoms. The number of nitrogens with one attached hydrogen (secondary N) is 1. The number of amides is 1. The molecule has 112 valence electrons. The smallest absolute Gasteiger partial charge is 0.263 e. The highest BCUT2D eigenvalue weighted by Crippen LogP contribution is 2.51. The van der Waals surface area contributed by atoms with Gasteiger partial charge >= 0.3 is 0 Å². The molecule has 1 aromatic rings. The predicted octanol–water partition coefficient (Wildman–Crippen LogP) is 3.19. The van der Waals surface area contributed by atoms with Gasteiger partial charge in [0.1, 0.15) is 4.88 Å². The van der Waals surface area contributed by atoms with Crippen LogP contribution < -0.4 is 16.0 Å². The molecule has 20 heavy (non-hydrogen) atoms. The van der Waals surface area contributed by atoms with E-state index in [2.05, 4.69) is 31.0 Å². The first-order valence-electron chi connectivity index (χ1n) is 7.59. The van der Waals surface area contributed by atoms with Crippen LogP contribution in [0.25, 0.3) is 0 Å². The van der Waals surface area contributed by atoms with E-state index in [1.807, 2.05) is 0 Å². The number of hydrogen-bond acceptors (Lipinski definition) is 4. The van der Waals surface area contributed by atoms with Crippen LogP contribution in [0.3, 0.4) is 0 Å². The number of hydrogen-bond donors (Lipinski definition) is 2. The molecule has 0 atom stereocenters. The number of carbonyl (C=O) groups excluding carboxylic acids is 1. The minimum atomic E-state index is -0.0188. The summed E-state index contributed by atoms with van der Waals surface area (Å²) in [6.07, 6.45) is 3.34. The first kappa shape index (κ1) is 15.2. The Morgan fingerprint density at radius 2 is 2.00 bits per heavy atom. The molecule has 0 saturated heterocycles. The van der Waals surface area contributed by atoms with E-state index in [0.29, 0.717) is 23.0 Å². The Kier molecular flexibility index (Phi) is 4.91. The summed E-state index contributed by atoms with van der Waals surface area (Å²) in [6.45, 7) is 8.95. The molecule has 2 rings (SSSR count). The average Bonchev–Trinajstić information content (AvgIpc) is 3.22. The van der Waals surface area contributed by atoms with Crippen molar-refractivity contribution in [2.75, 3.05) is 30.3 Å². The second kappa shape index (κ2) is 6.48. The molecule has 1 fully saturated rings. The number of carbonyl (C=O) groups is 1. The van der Waals surface area contributed by atoms with Crippen LogP contribution in [0.1, 0.15) is 61.2 Å². The molecule has 3 N–H and O–H groups in total. The summed E-state index contributed by atoms with van der Waals surface area (Å²) in [5, 5.41) is 4.14. The van der Waals surface area contributed by atoms with Crippen molar-refractivity contribution in [1.82, 2.24) is 5.32 Å². The molecule has 0 unspecified atom stereocenters. The normalized spacial score (nSPS) is 14.3. The average molecular weight is 295 g/mol. The molecule has 0 bridgehead atoms. The quantitative estimate of drug-likeness (QED) is 0.812. The van der Waals surface area contributed by atoms with E-state index < -0.39 is 0 Å². The highest BCUT2D eigenvalue weighted by molar-refractivity contribution is 7.18. The van der Waals surface area contributed by atoms with Crippen molar-refractivity contribution in [2.45, 2.75) is 46.0 Å². The van der Waals surface area contributed by atoms with E-state index in [0.717, 1.165) is 19.5 Å². The maximum Gasteiger partial charge on any atom is 0.263 e. The lowest BCUT2D eigenvalue weighted by Crippen LogP contribution is -2.23. The maximum atomic E-state index is 12.2. The second-order valence-corrected chi connectivity index (χ2v) is 6.27.